The molecule has 0 N–H and O–H groups in total. The predicted octanol–water partition coefficient (Wildman–Crippen LogP) is 10.2. The molecule has 0 bridgehead atoms. The van der Waals surface area contributed by atoms with E-state index >= 15 is 0 Å². The minimum atomic E-state index is -0.618. The van der Waals surface area contributed by atoms with Gasteiger partial charge in [-0.25, -0.2) is 8.78 Å². The maximum Gasteiger partial charge on any atom is 0.162 e. The van der Waals surface area contributed by atoms with E-state index < -0.39 is 11.6 Å². The van der Waals surface area contributed by atoms with Crippen LogP contribution >= 0.6 is 0 Å². The predicted molar refractivity (Wildman–Crippen MR) is 148 cm³/mol. The fourth-order valence-electron chi connectivity index (χ4n) is 5.83. The number of benzene rings is 3. The van der Waals surface area contributed by atoms with Gasteiger partial charge in [0.05, 0.1) is 0 Å². The van der Waals surface area contributed by atoms with Crippen molar-refractivity contribution in [1.29, 1.82) is 0 Å². The van der Waals surface area contributed by atoms with Crippen molar-refractivity contribution in [3.63, 3.8) is 0 Å². The van der Waals surface area contributed by atoms with Gasteiger partial charge in [-0.2, -0.15) is 0 Å². The van der Waals surface area contributed by atoms with Crippen LogP contribution in [0.1, 0.15) is 99.8 Å². The lowest BCUT2D eigenvalue weighted by molar-refractivity contribution is 0.309. The van der Waals surface area contributed by atoms with Crippen molar-refractivity contribution in [1.82, 2.24) is 0 Å². The third-order valence-electron chi connectivity index (χ3n) is 8.17. The topological polar surface area (TPSA) is 0 Å². The zero-order chi connectivity index (χ0) is 25.3. The number of hydrogen-bond acceptors (Lipinski definition) is 0. The Morgan fingerprint density at radius 1 is 0.611 bits per heavy atom. The molecule has 3 aromatic carbocycles. The van der Waals surface area contributed by atoms with Crippen molar-refractivity contribution in [2.24, 2.45) is 5.92 Å². The highest BCUT2D eigenvalue weighted by Crippen LogP contribution is 2.38. The lowest BCUT2D eigenvalue weighted by Gasteiger charge is -2.29. The summed E-state index contributed by atoms with van der Waals surface area (Å²) in [6, 6.07) is 21.7. The van der Waals surface area contributed by atoms with E-state index in [1.54, 1.807) is 0 Å². The van der Waals surface area contributed by atoms with Gasteiger partial charge >= 0.3 is 0 Å². The van der Waals surface area contributed by atoms with Crippen LogP contribution in [0.25, 0.3) is 11.1 Å². The van der Waals surface area contributed by atoms with E-state index in [1.807, 2.05) is 12.1 Å². The molecule has 3 aromatic rings. The molecule has 4 rings (SSSR count). The third-order valence-corrected chi connectivity index (χ3v) is 8.17. The monoisotopic (exact) mass is 488 g/mol. The first kappa shape index (κ1) is 26.6. The highest BCUT2D eigenvalue weighted by Gasteiger charge is 2.23. The number of rotatable bonds is 11. The van der Waals surface area contributed by atoms with E-state index in [-0.39, 0.29) is 0 Å². The number of aryl methyl sites for hydroxylation is 3. The third kappa shape index (κ3) is 6.84. The lowest BCUT2D eigenvalue weighted by atomic mass is 9.76. The van der Waals surface area contributed by atoms with Gasteiger partial charge in [0.25, 0.3) is 0 Å². The van der Waals surface area contributed by atoms with Crippen LogP contribution in [0, 0.1) is 17.6 Å². The minimum Gasteiger partial charge on any atom is -0.203 e. The Hall–Kier alpha value is -2.48. The van der Waals surface area contributed by atoms with Gasteiger partial charge < -0.3 is 0 Å². The molecule has 2 heteroatoms. The smallest absolute Gasteiger partial charge is 0.162 e. The molecule has 1 fully saturated rings. The van der Waals surface area contributed by atoms with Crippen molar-refractivity contribution in [3.05, 3.63) is 94.6 Å². The van der Waals surface area contributed by atoms with Crippen LogP contribution in [0.3, 0.4) is 0 Å². The van der Waals surface area contributed by atoms with Gasteiger partial charge in [-0.05, 0) is 103 Å². The van der Waals surface area contributed by atoms with Crippen LogP contribution < -0.4 is 0 Å². The Morgan fingerprint density at radius 2 is 1.19 bits per heavy atom. The maximum absolute atomic E-state index is 14.6. The van der Waals surface area contributed by atoms with Crippen molar-refractivity contribution < 1.29 is 8.78 Å². The first-order valence-electron chi connectivity index (χ1n) is 14.2. The summed E-state index contributed by atoms with van der Waals surface area (Å²) in [5, 5.41) is 0. The summed E-state index contributed by atoms with van der Waals surface area (Å²) in [6.45, 7) is 4.34. The summed E-state index contributed by atoms with van der Waals surface area (Å²) < 4.78 is 29.1. The fourth-order valence-corrected chi connectivity index (χ4v) is 5.83. The summed E-state index contributed by atoms with van der Waals surface area (Å²) in [5.41, 5.74) is 6.48. The van der Waals surface area contributed by atoms with Gasteiger partial charge in [0.15, 0.2) is 11.6 Å². The van der Waals surface area contributed by atoms with Crippen LogP contribution in [0.5, 0.6) is 0 Å². The molecule has 1 saturated carbocycles. The maximum atomic E-state index is 14.6. The number of halogens is 2. The second-order valence-electron chi connectivity index (χ2n) is 10.8. The summed E-state index contributed by atoms with van der Waals surface area (Å²) in [4.78, 5) is 0. The van der Waals surface area contributed by atoms with E-state index in [0.29, 0.717) is 35.8 Å². The molecule has 0 atom stereocenters. The van der Waals surface area contributed by atoms with Crippen molar-refractivity contribution >= 4 is 0 Å². The number of hydrogen-bond donors (Lipinski definition) is 0. The summed E-state index contributed by atoms with van der Waals surface area (Å²) in [5.74, 6) is -0.0156. The molecular formula is C34H42F2. The molecular weight excluding hydrogens is 446 g/mol. The molecule has 1 aliphatic carbocycles. The van der Waals surface area contributed by atoms with Crippen LogP contribution in [-0.2, 0) is 19.3 Å². The molecule has 0 amide bonds. The van der Waals surface area contributed by atoms with Crippen LogP contribution in [-0.4, -0.2) is 0 Å². The summed E-state index contributed by atoms with van der Waals surface area (Å²) in [6.07, 6.45) is 12.3. The summed E-state index contributed by atoms with van der Waals surface area (Å²) in [7, 11) is 0. The van der Waals surface area contributed by atoms with E-state index in [9.17, 15) is 8.78 Å². The quantitative estimate of drug-likeness (QED) is 0.235. The molecule has 0 radical (unpaired) electrons. The standard InChI is InChI=1S/C34H42F2/c1-3-5-6-8-31-23-24-32(34(36)33(31)35)18-13-26-11-16-28(17-12-26)30-21-19-29(20-22-30)27-14-9-25(7-4-2)10-15-27/h9-10,14-15,19-24,26,28H,3-8,11-13,16-18H2,1-2H3. The van der Waals surface area contributed by atoms with Crippen molar-refractivity contribution in [2.45, 2.75) is 96.8 Å². The summed E-state index contributed by atoms with van der Waals surface area (Å²) >= 11 is 0. The molecule has 0 saturated heterocycles. The highest BCUT2D eigenvalue weighted by atomic mass is 19.2. The molecule has 0 spiro atoms. The Balaban J connectivity index is 1.26. The minimum absolute atomic E-state index is 0.532. The Bertz CT molecular complexity index is 1070. The van der Waals surface area contributed by atoms with Gasteiger partial charge in [-0.15, -0.1) is 0 Å². The average Bonchev–Trinajstić information content (AvgIpc) is 2.92. The zero-order valence-electron chi connectivity index (χ0n) is 22.2. The molecule has 0 aromatic heterocycles. The molecule has 1 aliphatic rings. The normalized spacial score (nSPS) is 17.9. The second-order valence-corrected chi connectivity index (χ2v) is 10.8. The highest BCUT2D eigenvalue weighted by molar-refractivity contribution is 5.64. The lowest BCUT2D eigenvalue weighted by Crippen LogP contribution is -2.14. The molecule has 192 valence electrons. The fraction of sp³-hybridized carbons (Fsp3) is 0.471. The largest absolute Gasteiger partial charge is 0.203 e. The van der Waals surface area contributed by atoms with E-state index in [0.717, 1.165) is 32.1 Å². The van der Waals surface area contributed by atoms with E-state index in [4.69, 9.17) is 0 Å². The first-order chi connectivity index (χ1) is 17.6. The average molecular weight is 489 g/mol. The van der Waals surface area contributed by atoms with Crippen LogP contribution in [0.4, 0.5) is 8.78 Å². The van der Waals surface area contributed by atoms with Crippen molar-refractivity contribution in [2.75, 3.05) is 0 Å². The van der Waals surface area contributed by atoms with Crippen molar-refractivity contribution in [3.8, 4) is 11.1 Å². The Kier molecular flexibility index (Phi) is 9.73. The SMILES string of the molecule is CCCCCc1ccc(CCC2CCC(c3ccc(-c4ccc(CCC)cc4)cc3)CC2)c(F)c1F. The zero-order valence-corrected chi connectivity index (χ0v) is 22.2. The number of unbranched alkanes of at least 4 members (excludes halogenated alkanes) is 2. The van der Waals surface area contributed by atoms with Crippen LogP contribution in [0.15, 0.2) is 60.7 Å². The first-order valence-corrected chi connectivity index (χ1v) is 14.2. The Morgan fingerprint density at radius 3 is 1.78 bits per heavy atom. The molecule has 0 nitrogen and oxygen atoms in total. The molecule has 0 aliphatic heterocycles. The molecule has 36 heavy (non-hydrogen) atoms. The van der Waals surface area contributed by atoms with Crippen LogP contribution in [0.2, 0.25) is 0 Å². The van der Waals surface area contributed by atoms with Gasteiger partial charge in [0.2, 0.25) is 0 Å². The van der Waals surface area contributed by atoms with Gasteiger partial charge in [-0.1, -0.05) is 93.8 Å². The van der Waals surface area contributed by atoms with Gasteiger partial charge in [0, 0.05) is 0 Å². The molecule has 0 unspecified atom stereocenters. The van der Waals surface area contributed by atoms with E-state index in [1.165, 1.54) is 54.4 Å². The second kappa shape index (κ2) is 13.2. The Labute approximate surface area is 217 Å². The van der Waals surface area contributed by atoms with Gasteiger partial charge in [-0.3, -0.25) is 0 Å². The van der Waals surface area contributed by atoms with Gasteiger partial charge in [0.1, 0.15) is 0 Å². The molecule has 0 heterocycles. The van der Waals surface area contributed by atoms with E-state index in [2.05, 4.69) is 62.4 Å².